The molecule has 0 spiro atoms. The van der Waals surface area contributed by atoms with Gasteiger partial charge in [0.1, 0.15) is 0 Å². The van der Waals surface area contributed by atoms with Gasteiger partial charge in [0, 0.05) is 20.0 Å². The number of carbonyl (C=O) groups is 1. The van der Waals surface area contributed by atoms with Crippen molar-refractivity contribution < 1.29 is 9.90 Å². The first-order valence-electron chi connectivity index (χ1n) is 4.49. The van der Waals surface area contributed by atoms with Crippen LogP contribution in [0.25, 0.3) is 0 Å². The molecular weight excluding hydrogens is 154 g/mol. The minimum Gasteiger partial charge on any atom is -0.390 e. The zero-order valence-corrected chi connectivity index (χ0v) is 7.84. The molecule has 0 bridgehead atoms. The van der Waals surface area contributed by atoms with Gasteiger partial charge in [0.25, 0.3) is 0 Å². The first kappa shape index (κ1) is 9.52. The summed E-state index contributed by atoms with van der Waals surface area (Å²) in [6.07, 6.45) is 2.41. The summed E-state index contributed by atoms with van der Waals surface area (Å²) in [6.45, 7) is 4.92. The van der Waals surface area contributed by atoms with Crippen molar-refractivity contribution in [2.24, 2.45) is 0 Å². The molecule has 1 amide bonds. The Morgan fingerprint density at radius 1 is 1.42 bits per heavy atom. The van der Waals surface area contributed by atoms with Gasteiger partial charge in [0.05, 0.1) is 5.60 Å². The SMILES string of the molecule is CC(=O)N1CCCC(C)(O)CC1. The van der Waals surface area contributed by atoms with Crippen LogP contribution in [0.1, 0.15) is 33.1 Å². The average molecular weight is 171 g/mol. The number of rotatable bonds is 0. The van der Waals surface area contributed by atoms with Gasteiger partial charge in [0.15, 0.2) is 0 Å². The van der Waals surface area contributed by atoms with Crippen molar-refractivity contribution in [1.82, 2.24) is 4.90 Å². The molecule has 1 aliphatic rings. The number of amides is 1. The zero-order chi connectivity index (χ0) is 9.19. The van der Waals surface area contributed by atoms with Crippen molar-refractivity contribution in [3.05, 3.63) is 0 Å². The highest BCUT2D eigenvalue weighted by Gasteiger charge is 2.25. The van der Waals surface area contributed by atoms with Crippen molar-refractivity contribution in [2.75, 3.05) is 13.1 Å². The average Bonchev–Trinajstić information content (AvgIpc) is 2.10. The minimum atomic E-state index is -0.565. The summed E-state index contributed by atoms with van der Waals surface area (Å²) >= 11 is 0. The van der Waals surface area contributed by atoms with E-state index < -0.39 is 5.60 Å². The molecule has 1 fully saturated rings. The second-order valence-corrected chi connectivity index (χ2v) is 3.86. The molecule has 0 aliphatic carbocycles. The molecule has 1 heterocycles. The first-order valence-corrected chi connectivity index (χ1v) is 4.49. The summed E-state index contributed by atoms with van der Waals surface area (Å²) < 4.78 is 0. The Labute approximate surface area is 73.4 Å². The maximum atomic E-state index is 11.0. The van der Waals surface area contributed by atoms with Crippen LogP contribution in [0, 0.1) is 0 Å². The molecule has 0 aromatic rings. The molecule has 1 rings (SSSR count). The number of nitrogens with zero attached hydrogens (tertiary/aromatic N) is 1. The van der Waals surface area contributed by atoms with Crippen LogP contribution < -0.4 is 0 Å². The summed E-state index contributed by atoms with van der Waals surface area (Å²) in [4.78, 5) is 12.8. The third-order valence-electron chi connectivity index (χ3n) is 2.51. The normalized spacial score (nSPS) is 31.4. The molecular formula is C9H17NO2. The van der Waals surface area contributed by atoms with Crippen LogP contribution >= 0.6 is 0 Å². The molecule has 1 unspecified atom stereocenters. The molecule has 0 aromatic heterocycles. The van der Waals surface area contributed by atoms with Crippen molar-refractivity contribution in [2.45, 2.75) is 38.7 Å². The van der Waals surface area contributed by atoms with Crippen molar-refractivity contribution >= 4 is 5.91 Å². The Kier molecular flexibility index (Phi) is 2.73. The summed E-state index contributed by atoms with van der Waals surface area (Å²) in [6, 6.07) is 0. The second kappa shape index (κ2) is 3.44. The molecule has 1 atom stereocenters. The molecule has 1 aliphatic heterocycles. The third kappa shape index (κ3) is 2.48. The first-order chi connectivity index (χ1) is 5.51. The Morgan fingerprint density at radius 3 is 2.67 bits per heavy atom. The fourth-order valence-corrected chi connectivity index (χ4v) is 1.58. The van der Waals surface area contributed by atoms with E-state index in [9.17, 15) is 9.90 Å². The number of hydrogen-bond donors (Lipinski definition) is 1. The second-order valence-electron chi connectivity index (χ2n) is 3.86. The molecule has 12 heavy (non-hydrogen) atoms. The standard InChI is InChI=1S/C9H17NO2/c1-8(11)10-6-3-4-9(2,12)5-7-10/h12H,3-7H2,1-2H3. The molecule has 3 heteroatoms. The smallest absolute Gasteiger partial charge is 0.219 e. The van der Waals surface area contributed by atoms with E-state index in [1.807, 2.05) is 11.8 Å². The number of carbonyl (C=O) groups excluding carboxylic acids is 1. The van der Waals surface area contributed by atoms with Crippen LogP contribution in [0.4, 0.5) is 0 Å². The van der Waals surface area contributed by atoms with Crippen molar-refractivity contribution in [1.29, 1.82) is 0 Å². The maximum Gasteiger partial charge on any atom is 0.219 e. The van der Waals surface area contributed by atoms with Crippen LogP contribution in [0.15, 0.2) is 0 Å². The van der Waals surface area contributed by atoms with E-state index in [0.717, 1.165) is 19.4 Å². The van der Waals surface area contributed by atoms with Crippen molar-refractivity contribution in [3.63, 3.8) is 0 Å². The Balaban J connectivity index is 2.50. The van der Waals surface area contributed by atoms with Gasteiger partial charge in [-0.25, -0.2) is 0 Å². The van der Waals surface area contributed by atoms with Gasteiger partial charge in [-0.1, -0.05) is 0 Å². The zero-order valence-electron chi connectivity index (χ0n) is 7.84. The Hall–Kier alpha value is -0.570. The summed E-state index contributed by atoms with van der Waals surface area (Å²) in [5, 5.41) is 9.72. The molecule has 1 N–H and O–H groups in total. The van der Waals surface area contributed by atoms with E-state index in [-0.39, 0.29) is 5.91 Å². The lowest BCUT2D eigenvalue weighted by Gasteiger charge is -2.21. The van der Waals surface area contributed by atoms with E-state index >= 15 is 0 Å². The van der Waals surface area contributed by atoms with E-state index in [1.54, 1.807) is 6.92 Å². The Bertz CT molecular complexity index is 177. The number of aliphatic hydroxyl groups is 1. The highest BCUT2D eigenvalue weighted by atomic mass is 16.3. The number of hydrogen-bond acceptors (Lipinski definition) is 2. The Morgan fingerprint density at radius 2 is 2.08 bits per heavy atom. The lowest BCUT2D eigenvalue weighted by molar-refractivity contribution is -0.128. The predicted octanol–water partition coefficient (Wildman–Crippen LogP) is 0.770. The van der Waals surface area contributed by atoms with Gasteiger partial charge in [-0.3, -0.25) is 4.79 Å². The van der Waals surface area contributed by atoms with Gasteiger partial charge in [-0.15, -0.1) is 0 Å². The molecule has 0 aromatic carbocycles. The maximum absolute atomic E-state index is 11.0. The minimum absolute atomic E-state index is 0.118. The third-order valence-corrected chi connectivity index (χ3v) is 2.51. The summed E-state index contributed by atoms with van der Waals surface area (Å²) in [5.41, 5.74) is -0.565. The topological polar surface area (TPSA) is 40.5 Å². The van der Waals surface area contributed by atoms with E-state index in [4.69, 9.17) is 0 Å². The fourth-order valence-electron chi connectivity index (χ4n) is 1.58. The van der Waals surface area contributed by atoms with Crippen LogP contribution in [-0.4, -0.2) is 34.6 Å². The fraction of sp³-hybridized carbons (Fsp3) is 0.889. The highest BCUT2D eigenvalue weighted by molar-refractivity contribution is 5.73. The molecule has 0 radical (unpaired) electrons. The van der Waals surface area contributed by atoms with E-state index in [2.05, 4.69) is 0 Å². The molecule has 0 saturated carbocycles. The monoisotopic (exact) mass is 171 g/mol. The van der Waals surface area contributed by atoms with Crippen LogP contribution in [0.3, 0.4) is 0 Å². The molecule has 3 nitrogen and oxygen atoms in total. The van der Waals surface area contributed by atoms with Gasteiger partial charge >= 0.3 is 0 Å². The van der Waals surface area contributed by atoms with Gasteiger partial charge in [0.2, 0.25) is 5.91 Å². The molecule has 1 saturated heterocycles. The van der Waals surface area contributed by atoms with Gasteiger partial charge < -0.3 is 10.0 Å². The summed E-state index contributed by atoms with van der Waals surface area (Å²) in [5.74, 6) is 0.118. The lowest BCUT2D eigenvalue weighted by atomic mass is 9.98. The largest absolute Gasteiger partial charge is 0.390 e. The summed E-state index contributed by atoms with van der Waals surface area (Å²) in [7, 11) is 0. The quantitative estimate of drug-likeness (QED) is 0.585. The predicted molar refractivity (Wildman–Crippen MR) is 46.7 cm³/mol. The van der Waals surface area contributed by atoms with Crippen LogP contribution in [0.5, 0.6) is 0 Å². The molecule has 70 valence electrons. The van der Waals surface area contributed by atoms with Crippen molar-refractivity contribution in [3.8, 4) is 0 Å². The van der Waals surface area contributed by atoms with Crippen LogP contribution in [-0.2, 0) is 4.79 Å². The lowest BCUT2D eigenvalue weighted by Crippen LogP contribution is -2.31. The van der Waals surface area contributed by atoms with E-state index in [0.29, 0.717) is 13.0 Å². The number of likely N-dealkylation sites (tertiary alicyclic amines) is 1. The van der Waals surface area contributed by atoms with Gasteiger partial charge in [-0.2, -0.15) is 0 Å². The highest BCUT2D eigenvalue weighted by Crippen LogP contribution is 2.21. The van der Waals surface area contributed by atoms with Gasteiger partial charge in [-0.05, 0) is 26.2 Å². The van der Waals surface area contributed by atoms with Crippen LogP contribution in [0.2, 0.25) is 0 Å². The van der Waals surface area contributed by atoms with E-state index in [1.165, 1.54) is 0 Å².